The zero-order valence-corrected chi connectivity index (χ0v) is 14.6. The Morgan fingerprint density at radius 1 is 1.04 bits per heavy atom. The number of hydrogen-bond donors (Lipinski definition) is 1. The Morgan fingerprint density at radius 3 is 2.48 bits per heavy atom. The molecular formula is C15H9Cl3N4S. The summed E-state index contributed by atoms with van der Waals surface area (Å²) in [5, 5.41) is 12.9. The number of aromatic nitrogens is 3. The molecule has 0 bridgehead atoms. The summed E-state index contributed by atoms with van der Waals surface area (Å²) in [6.07, 6.45) is 1.63. The highest BCUT2D eigenvalue weighted by atomic mass is 35.5. The molecule has 0 saturated carbocycles. The maximum Gasteiger partial charge on any atom is 0.216 e. The first-order valence-corrected chi connectivity index (χ1v) is 8.01. The molecule has 0 aliphatic carbocycles. The number of aromatic amines is 1. The van der Waals surface area contributed by atoms with Crippen LogP contribution in [0, 0.1) is 4.77 Å². The van der Waals surface area contributed by atoms with Crippen molar-refractivity contribution in [2.75, 3.05) is 0 Å². The van der Waals surface area contributed by atoms with Crippen molar-refractivity contribution in [1.29, 1.82) is 0 Å². The maximum absolute atomic E-state index is 6.00. The van der Waals surface area contributed by atoms with Crippen LogP contribution >= 0.6 is 47.0 Å². The summed E-state index contributed by atoms with van der Waals surface area (Å²) in [4.78, 5) is 0. The topological polar surface area (TPSA) is 46.0 Å². The lowest BCUT2D eigenvalue weighted by Gasteiger charge is -2.01. The van der Waals surface area contributed by atoms with Crippen molar-refractivity contribution in [2.45, 2.75) is 0 Å². The number of benzene rings is 2. The van der Waals surface area contributed by atoms with Crippen molar-refractivity contribution in [3.63, 3.8) is 0 Å². The van der Waals surface area contributed by atoms with E-state index in [1.807, 2.05) is 18.2 Å². The van der Waals surface area contributed by atoms with E-state index >= 15 is 0 Å². The van der Waals surface area contributed by atoms with Crippen LogP contribution in [0.3, 0.4) is 0 Å². The van der Waals surface area contributed by atoms with E-state index in [0.29, 0.717) is 25.7 Å². The Hall–Kier alpha value is -1.66. The first-order valence-electron chi connectivity index (χ1n) is 6.47. The maximum atomic E-state index is 6.00. The smallest absolute Gasteiger partial charge is 0.216 e. The largest absolute Gasteiger partial charge is 0.250 e. The highest BCUT2D eigenvalue weighted by molar-refractivity contribution is 7.71. The minimum absolute atomic E-state index is 0.381. The van der Waals surface area contributed by atoms with Crippen molar-refractivity contribution < 1.29 is 0 Å². The van der Waals surface area contributed by atoms with E-state index < -0.39 is 0 Å². The van der Waals surface area contributed by atoms with Gasteiger partial charge in [-0.2, -0.15) is 14.9 Å². The summed E-state index contributed by atoms with van der Waals surface area (Å²) >= 11 is 23.0. The number of halogens is 3. The lowest BCUT2D eigenvalue weighted by Crippen LogP contribution is -1.95. The lowest BCUT2D eigenvalue weighted by molar-refractivity contribution is 0.871. The van der Waals surface area contributed by atoms with Gasteiger partial charge in [0.2, 0.25) is 4.77 Å². The average Bonchev–Trinajstić information content (AvgIpc) is 2.90. The molecule has 0 atom stereocenters. The first kappa shape index (κ1) is 16.2. The fraction of sp³-hybridized carbons (Fsp3) is 0. The third-order valence-corrected chi connectivity index (χ3v) is 4.27. The molecule has 0 aliphatic heterocycles. The molecule has 0 fully saturated rings. The zero-order chi connectivity index (χ0) is 16.4. The van der Waals surface area contributed by atoms with Gasteiger partial charge in [-0.1, -0.05) is 40.9 Å². The van der Waals surface area contributed by atoms with Crippen molar-refractivity contribution in [3.05, 3.63) is 67.9 Å². The normalized spacial score (nSPS) is 11.3. The monoisotopic (exact) mass is 382 g/mol. The van der Waals surface area contributed by atoms with E-state index in [2.05, 4.69) is 15.3 Å². The summed E-state index contributed by atoms with van der Waals surface area (Å²) in [6.45, 7) is 0. The predicted molar refractivity (Wildman–Crippen MR) is 97.3 cm³/mol. The van der Waals surface area contributed by atoms with Crippen LogP contribution in [0.25, 0.3) is 11.4 Å². The van der Waals surface area contributed by atoms with Crippen LogP contribution in [0.1, 0.15) is 5.56 Å². The molecule has 0 radical (unpaired) electrons. The molecule has 1 heterocycles. The molecule has 8 heteroatoms. The molecule has 0 aliphatic rings. The van der Waals surface area contributed by atoms with E-state index in [0.717, 1.165) is 11.1 Å². The van der Waals surface area contributed by atoms with Crippen molar-refractivity contribution in [1.82, 2.24) is 14.9 Å². The SMILES string of the molecule is S=c1[nH]nc(-c2ccc(Cl)cc2)n1/N=C/c1ccc(Cl)c(Cl)c1. The van der Waals surface area contributed by atoms with Crippen LogP contribution in [0.2, 0.25) is 15.1 Å². The van der Waals surface area contributed by atoms with Gasteiger partial charge in [0.05, 0.1) is 16.3 Å². The molecule has 3 aromatic rings. The summed E-state index contributed by atoms with van der Waals surface area (Å²) in [7, 11) is 0. The fourth-order valence-corrected chi connectivity index (χ4v) is 2.51. The van der Waals surface area contributed by atoms with Gasteiger partial charge < -0.3 is 0 Å². The average molecular weight is 384 g/mol. The van der Waals surface area contributed by atoms with Gasteiger partial charge in [-0.05, 0) is 54.2 Å². The van der Waals surface area contributed by atoms with E-state index in [9.17, 15) is 0 Å². The van der Waals surface area contributed by atoms with Gasteiger partial charge in [0.25, 0.3) is 0 Å². The fourth-order valence-electron chi connectivity index (χ4n) is 1.90. The van der Waals surface area contributed by atoms with E-state index in [-0.39, 0.29) is 0 Å². The molecule has 2 aromatic carbocycles. The van der Waals surface area contributed by atoms with Crippen LogP contribution in [-0.4, -0.2) is 21.1 Å². The van der Waals surface area contributed by atoms with Gasteiger partial charge >= 0.3 is 0 Å². The van der Waals surface area contributed by atoms with Gasteiger partial charge in [-0.25, -0.2) is 5.10 Å². The van der Waals surface area contributed by atoms with Crippen LogP contribution in [0.15, 0.2) is 47.6 Å². The molecule has 1 N–H and O–H groups in total. The van der Waals surface area contributed by atoms with Gasteiger partial charge in [0, 0.05) is 10.6 Å². The summed E-state index contributed by atoms with van der Waals surface area (Å²) in [5.41, 5.74) is 1.64. The minimum atomic E-state index is 0.381. The van der Waals surface area contributed by atoms with Crippen molar-refractivity contribution in [3.8, 4) is 11.4 Å². The molecule has 0 amide bonds. The number of rotatable bonds is 3. The Balaban J connectivity index is 1.98. The lowest BCUT2D eigenvalue weighted by atomic mass is 10.2. The van der Waals surface area contributed by atoms with E-state index in [1.54, 1.807) is 30.5 Å². The molecule has 1 aromatic heterocycles. The first-order chi connectivity index (χ1) is 11.0. The Morgan fingerprint density at radius 2 is 1.78 bits per heavy atom. The van der Waals surface area contributed by atoms with E-state index in [4.69, 9.17) is 47.0 Å². The second-order valence-corrected chi connectivity index (χ2v) is 6.23. The molecule has 0 spiro atoms. The molecule has 23 heavy (non-hydrogen) atoms. The van der Waals surface area contributed by atoms with Crippen LogP contribution in [0.5, 0.6) is 0 Å². The highest BCUT2D eigenvalue weighted by Gasteiger charge is 2.08. The number of hydrogen-bond acceptors (Lipinski definition) is 3. The Bertz CT molecular complexity index is 929. The molecule has 3 rings (SSSR count). The number of nitrogens with zero attached hydrogens (tertiary/aromatic N) is 3. The van der Waals surface area contributed by atoms with Gasteiger partial charge in [0.1, 0.15) is 0 Å². The minimum Gasteiger partial charge on any atom is -0.250 e. The third kappa shape index (κ3) is 3.64. The van der Waals surface area contributed by atoms with Crippen LogP contribution in [0.4, 0.5) is 0 Å². The number of nitrogens with one attached hydrogen (secondary N) is 1. The molecule has 116 valence electrons. The second-order valence-electron chi connectivity index (χ2n) is 4.59. The van der Waals surface area contributed by atoms with E-state index in [1.165, 1.54) is 4.68 Å². The van der Waals surface area contributed by atoms with Gasteiger partial charge in [-0.3, -0.25) is 0 Å². The Labute approximate surface area is 152 Å². The predicted octanol–water partition coefficient (Wildman–Crippen LogP) is 5.45. The molecule has 0 saturated heterocycles. The summed E-state index contributed by atoms with van der Waals surface area (Å²) in [6, 6.07) is 12.5. The van der Waals surface area contributed by atoms with Gasteiger partial charge in [0.15, 0.2) is 5.82 Å². The highest BCUT2D eigenvalue weighted by Crippen LogP contribution is 2.22. The van der Waals surface area contributed by atoms with Crippen LogP contribution in [-0.2, 0) is 0 Å². The standard InChI is InChI=1S/C15H9Cl3N4S/c16-11-4-2-10(3-5-11)14-20-21-15(23)22(14)19-8-9-1-6-12(17)13(18)7-9/h1-8H,(H,21,23)/b19-8+. The molecule has 4 nitrogen and oxygen atoms in total. The Kier molecular flexibility index (Phi) is 4.82. The third-order valence-electron chi connectivity index (χ3n) is 3.02. The quantitative estimate of drug-likeness (QED) is 0.483. The van der Waals surface area contributed by atoms with Gasteiger partial charge in [-0.15, -0.1) is 0 Å². The zero-order valence-electron chi connectivity index (χ0n) is 11.5. The van der Waals surface area contributed by atoms with Crippen molar-refractivity contribution in [2.24, 2.45) is 5.10 Å². The van der Waals surface area contributed by atoms with Crippen LogP contribution < -0.4 is 0 Å². The summed E-state index contributed by atoms with van der Waals surface area (Å²) < 4.78 is 1.91. The molecular weight excluding hydrogens is 375 g/mol. The number of H-pyrrole nitrogens is 1. The second kappa shape index (κ2) is 6.84. The summed E-state index contributed by atoms with van der Waals surface area (Å²) in [5.74, 6) is 0.586. The van der Waals surface area contributed by atoms with Crippen molar-refractivity contribution >= 4 is 53.2 Å². The molecule has 0 unspecified atom stereocenters.